The average molecular weight is 866 g/mol. The first kappa shape index (κ1) is 51.8. The number of hydrogen-bond acceptors (Lipinski definition) is 9. The van der Waals surface area contributed by atoms with E-state index in [-0.39, 0.29) is 54.5 Å². The van der Waals surface area contributed by atoms with Crippen molar-refractivity contribution in [2.24, 2.45) is 23.7 Å². The first-order valence-electron chi connectivity index (χ1n) is 22.2. The van der Waals surface area contributed by atoms with E-state index in [2.05, 4.69) is 10.6 Å². The molecule has 0 bridgehead atoms. The Hall–Kier alpha value is -4.53. The van der Waals surface area contributed by atoms with Gasteiger partial charge in [0, 0.05) is 34.9 Å². The molecule has 2 aromatic carbocycles. The van der Waals surface area contributed by atoms with Gasteiger partial charge in [0.25, 0.3) is 0 Å². The number of ether oxygens (including phenoxy) is 3. The largest absolute Gasteiger partial charge is 0.445 e. The summed E-state index contributed by atoms with van der Waals surface area (Å²) >= 11 is 0. The Morgan fingerprint density at radius 2 is 1.47 bits per heavy atom. The molecule has 346 valence electrons. The highest BCUT2D eigenvalue weighted by molar-refractivity contribution is 5.91. The molecule has 0 radical (unpaired) electrons. The van der Waals surface area contributed by atoms with Gasteiger partial charge in [-0.25, -0.2) is 4.79 Å². The van der Waals surface area contributed by atoms with Gasteiger partial charge in [-0.1, -0.05) is 115 Å². The summed E-state index contributed by atoms with van der Waals surface area (Å²) in [6.07, 6.45) is -0.844. The van der Waals surface area contributed by atoms with Crippen LogP contribution in [-0.4, -0.2) is 127 Å². The van der Waals surface area contributed by atoms with E-state index >= 15 is 0 Å². The highest BCUT2D eigenvalue weighted by atomic mass is 16.6. The number of carbonyl (C=O) groups is 5. The second-order valence-corrected chi connectivity index (χ2v) is 17.8. The number of carbonyl (C=O) groups excluding carboxylic acids is 5. The maximum absolute atomic E-state index is 14.5. The summed E-state index contributed by atoms with van der Waals surface area (Å²) in [4.78, 5) is 74.3. The minimum absolute atomic E-state index is 0.0272. The number of aliphatic hydroxyl groups is 1. The van der Waals surface area contributed by atoms with Gasteiger partial charge in [-0.05, 0) is 55.6 Å². The van der Waals surface area contributed by atoms with Crippen molar-refractivity contribution < 1.29 is 43.3 Å². The molecule has 0 aliphatic carbocycles. The number of aryl methyl sites for hydroxylation is 1. The van der Waals surface area contributed by atoms with Crippen molar-refractivity contribution >= 4 is 29.7 Å². The molecule has 14 nitrogen and oxygen atoms in total. The van der Waals surface area contributed by atoms with E-state index in [1.54, 1.807) is 37.8 Å². The molecule has 3 rings (SSSR count). The van der Waals surface area contributed by atoms with Gasteiger partial charge in [0.1, 0.15) is 18.7 Å². The fraction of sp³-hybridized carbons (Fsp3) is 0.646. The normalized spacial score (nSPS) is 18.5. The van der Waals surface area contributed by atoms with Gasteiger partial charge in [0.2, 0.25) is 23.6 Å². The molecule has 1 aliphatic rings. The molecule has 1 aliphatic heterocycles. The van der Waals surface area contributed by atoms with Crippen molar-refractivity contribution in [3.05, 3.63) is 71.3 Å². The van der Waals surface area contributed by atoms with Crippen LogP contribution in [0.25, 0.3) is 0 Å². The van der Waals surface area contributed by atoms with E-state index in [0.29, 0.717) is 24.9 Å². The number of likely N-dealkylation sites (tertiary alicyclic amines) is 1. The van der Waals surface area contributed by atoms with Crippen LogP contribution in [0.3, 0.4) is 0 Å². The molecule has 1 heterocycles. The number of benzene rings is 2. The standard InChI is InChI=1S/C48H75N5O9/c1-14-32(7)42(51(10)47(58)40(29(2)3)50-46(57)41(30(4)5)52(11)48(59)62-28-35-24-22-31(6)23-25-35)38(60-12)27-39(54)53-26-18-21-37(53)44(61-13)33(8)45(56)49-34(9)43(55)36-19-16-15-17-20-36/h15-17,19-20,22-25,29-30,32-34,37-38,40-44,55H,14,18,21,26-28H2,1-13H3,(H,49,56)(H,50,57)/t32-,33+,34+,37-,38+,40-,41-,42-,43-,44+/m0/s1. The Morgan fingerprint density at radius 3 is 2.02 bits per heavy atom. The lowest BCUT2D eigenvalue weighted by atomic mass is 9.89. The predicted molar refractivity (Wildman–Crippen MR) is 240 cm³/mol. The van der Waals surface area contributed by atoms with Gasteiger partial charge in [0.15, 0.2) is 0 Å². The second kappa shape index (κ2) is 24.4. The molecular weight excluding hydrogens is 791 g/mol. The average Bonchev–Trinajstić information content (AvgIpc) is 3.74. The van der Waals surface area contributed by atoms with Crippen molar-refractivity contribution in [2.75, 3.05) is 34.9 Å². The topological polar surface area (TPSA) is 167 Å². The summed E-state index contributed by atoms with van der Waals surface area (Å²) in [6.45, 7) is 17.4. The quantitative estimate of drug-likeness (QED) is 0.131. The smallest absolute Gasteiger partial charge is 0.410 e. The third-order valence-corrected chi connectivity index (χ3v) is 12.6. The molecule has 0 spiro atoms. The predicted octanol–water partition coefficient (Wildman–Crippen LogP) is 5.89. The Morgan fingerprint density at radius 1 is 0.839 bits per heavy atom. The third kappa shape index (κ3) is 13.5. The van der Waals surface area contributed by atoms with Gasteiger partial charge >= 0.3 is 6.09 Å². The van der Waals surface area contributed by atoms with Crippen LogP contribution in [0.5, 0.6) is 0 Å². The lowest BCUT2D eigenvalue weighted by Gasteiger charge is -2.41. The van der Waals surface area contributed by atoms with Gasteiger partial charge in [-0.3, -0.25) is 24.1 Å². The summed E-state index contributed by atoms with van der Waals surface area (Å²) in [6, 6.07) is 13.4. The molecular formula is C48H75N5O9. The lowest BCUT2D eigenvalue weighted by molar-refractivity contribution is -0.148. The molecule has 0 saturated carbocycles. The first-order chi connectivity index (χ1) is 29.3. The monoisotopic (exact) mass is 866 g/mol. The molecule has 14 heteroatoms. The molecule has 2 aromatic rings. The Kier molecular flexibility index (Phi) is 20.4. The molecule has 1 saturated heterocycles. The SMILES string of the molecule is CC[C@H](C)[C@@H]([C@@H](CC(=O)N1CCC[C@H]1[C@H](OC)[C@@H](C)C(=O)N[C@H](C)[C@H](O)c1ccccc1)OC)N(C)C(=O)[C@@H](NC(=O)[C@H](C(C)C)N(C)C(=O)OCc1ccc(C)cc1)C(C)C. The number of rotatable bonds is 22. The molecule has 62 heavy (non-hydrogen) atoms. The van der Waals surface area contributed by atoms with E-state index in [4.69, 9.17) is 14.2 Å². The van der Waals surface area contributed by atoms with Crippen molar-refractivity contribution in [3.63, 3.8) is 0 Å². The van der Waals surface area contributed by atoms with Crippen molar-refractivity contribution in [1.29, 1.82) is 0 Å². The van der Waals surface area contributed by atoms with E-state index in [9.17, 15) is 29.1 Å². The molecule has 1 fully saturated rings. The number of amides is 5. The molecule has 10 atom stereocenters. The van der Waals surface area contributed by atoms with Gasteiger partial charge in [-0.2, -0.15) is 0 Å². The summed E-state index contributed by atoms with van der Waals surface area (Å²) in [5.41, 5.74) is 2.61. The van der Waals surface area contributed by atoms with Crippen LogP contribution in [0.1, 0.15) is 104 Å². The first-order valence-corrected chi connectivity index (χ1v) is 22.2. The number of aliphatic hydroxyl groups excluding tert-OH is 1. The zero-order valence-electron chi connectivity index (χ0n) is 39.4. The molecule has 3 N–H and O–H groups in total. The summed E-state index contributed by atoms with van der Waals surface area (Å²) in [5.74, 6) is -2.65. The number of likely N-dealkylation sites (N-methyl/N-ethyl adjacent to an activating group) is 2. The Labute approximate surface area is 370 Å². The summed E-state index contributed by atoms with van der Waals surface area (Å²) < 4.78 is 17.6. The second-order valence-electron chi connectivity index (χ2n) is 17.8. The van der Waals surface area contributed by atoms with Crippen molar-refractivity contribution in [2.45, 2.75) is 143 Å². The third-order valence-electron chi connectivity index (χ3n) is 12.6. The van der Waals surface area contributed by atoms with E-state index in [0.717, 1.165) is 17.5 Å². The van der Waals surface area contributed by atoms with Crippen LogP contribution in [0, 0.1) is 30.6 Å². The number of nitrogens with one attached hydrogen (secondary N) is 2. The fourth-order valence-corrected chi connectivity index (χ4v) is 8.62. The Bertz CT molecular complexity index is 1740. The zero-order valence-corrected chi connectivity index (χ0v) is 39.4. The van der Waals surface area contributed by atoms with Crippen LogP contribution in [-0.2, 0) is 40.0 Å². The van der Waals surface area contributed by atoms with E-state index < -0.39 is 60.4 Å². The molecule has 5 amide bonds. The van der Waals surface area contributed by atoms with Crippen LogP contribution in [0.15, 0.2) is 54.6 Å². The highest BCUT2D eigenvalue weighted by Crippen LogP contribution is 2.30. The highest BCUT2D eigenvalue weighted by Gasteiger charge is 2.43. The molecule has 0 aromatic heterocycles. The maximum atomic E-state index is 14.5. The Balaban J connectivity index is 1.75. The summed E-state index contributed by atoms with van der Waals surface area (Å²) in [5, 5.41) is 16.8. The van der Waals surface area contributed by atoms with Crippen LogP contribution < -0.4 is 10.6 Å². The number of nitrogens with zero attached hydrogens (tertiary/aromatic N) is 3. The van der Waals surface area contributed by atoms with Gasteiger partial charge in [-0.15, -0.1) is 0 Å². The minimum atomic E-state index is -0.944. The fourth-order valence-electron chi connectivity index (χ4n) is 8.62. The maximum Gasteiger partial charge on any atom is 0.410 e. The van der Waals surface area contributed by atoms with Crippen LogP contribution in [0.4, 0.5) is 4.79 Å². The van der Waals surface area contributed by atoms with Crippen LogP contribution >= 0.6 is 0 Å². The van der Waals surface area contributed by atoms with Crippen molar-refractivity contribution in [1.82, 2.24) is 25.3 Å². The minimum Gasteiger partial charge on any atom is -0.445 e. The number of hydrogen-bond donors (Lipinski definition) is 3. The van der Waals surface area contributed by atoms with Gasteiger partial charge < -0.3 is 39.8 Å². The van der Waals surface area contributed by atoms with E-state index in [1.165, 1.54) is 19.1 Å². The molecule has 0 unspecified atom stereocenters. The van der Waals surface area contributed by atoms with Crippen molar-refractivity contribution in [3.8, 4) is 0 Å². The van der Waals surface area contributed by atoms with Gasteiger partial charge in [0.05, 0.1) is 48.8 Å². The lowest BCUT2D eigenvalue weighted by Crippen LogP contribution is -2.60. The van der Waals surface area contributed by atoms with Crippen LogP contribution in [0.2, 0.25) is 0 Å². The summed E-state index contributed by atoms with van der Waals surface area (Å²) in [7, 11) is 6.28. The van der Waals surface area contributed by atoms with E-state index in [1.807, 2.05) is 103 Å². The number of methoxy groups -OCH3 is 2. The zero-order chi connectivity index (χ0) is 46.4.